The molecule has 0 atom stereocenters. The zero-order valence-electron chi connectivity index (χ0n) is 10.2. The van der Waals surface area contributed by atoms with Gasteiger partial charge in [-0.15, -0.1) is 0 Å². The Balaban J connectivity index is 2.02. The second-order valence-corrected chi connectivity index (χ2v) is 5.21. The van der Waals surface area contributed by atoms with E-state index in [4.69, 9.17) is 5.11 Å². The van der Waals surface area contributed by atoms with Crippen LogP contribution in [0.5, 0.6) is 0 Å². The van der Waals surface area contributed by atoms with Crippen molar-refractivity contribution in [3.63, 3.8) is 0 Å². The maximum absolute atomic E-state index is 11.8. The summed E-state index contributed by atoms with van der Waals surface area (Å²) in [6.07, 6.45) is 3.56. The number of hydrogen-bond donors (Lipinski definition) is 2. The second kappa shape index (κ2) is 6.01. The summed E-state index contributed by atoms with van der Waals surface area (Å²) in [6, 6.07) is 1.46. The molecule has 1 aliphatic heterocycles. The van der Waals surface area contributed by atoms with Crippen molar-refractivity contribution in [1.29, 1.82) is 0 Å². The van der Waals surface area contributed by atoms with Gasteiger partial charge in [-0.1, -0.05) is 0 Å². The highest BCUT2D eigenvalue weighted by molar-refractivity contribution is 9.10. The third kappa shape index (κ3) is 3.44. The molecule has 0 spiro atoms. The predicted molar refractivity (Wildman–Crippen MR) is 73.2 cm³/mol. The molecule has 19 heavy (non-hydrogen) atoms. The van der Waals surface area contributed by atoms with Crippen molar-refractivity contribution < 1.29 is 14.7 Å². The van der Waals surface area contributed by atoms with Crippen molar-refractivity contribution in [3.05, 3.63) is 22.3 Å². The van der Waals surface area contributed by atoms with Gasteiger partial charge >= 0.3 is 5.97 Å². The summed E-state index contributed by atoms with van der Waals surface area (Å²) in [4.78, 5) is 28.7. The van der Waals surface area contributed by atoms with E-state index in [2.05, 4.69) is 26.2 Å². The molecular formula is C12H14BrN3O3. The third-order valence-corrected chi connectivity index (χ3v) is 3.38. The van der Waals surface area contributed by atoms with E-state index in [1.54, 1.807) is 4.90 Å². The number of anilines is 1. The average molecular weight is 328 g/mol. The molecule has 1 aromatic rings. The zero-order valence-corrected chi connectivity index (χ0v) is 11.8. The smallest absolute Gasteiger partial charge is 0.339 e. The van der Waals surface area contributed by atoms with Crippen LogP contribution in [0.3, 0.4) is 0 Å². The molecule has 2 heterocycles. The summed E-state index contributed by atoms with van der Waals surface area (Å²) < 4.78 is 0.585. The highest BCUT2D eigenvalue weighted by Gasteiger charge is 2.19. The first kappa shape index (κ1) is 13.8. The minimum Gasteiger partial charge on any atom is -0.478 e. The lowest BCUT2D eigenvalue weighted by atomic mass is 10.2. The van der Waals surface area contributed by atoms with Crippen LogP contribution in [0.4, 0.5) is 5.82 Å². The van der Waals surface area contributed by atoms with Crippen molar-refractivity contribution in [2.75, 3.05) is 25.0 Å². The van der Waals surface area contributed by atoms with Gasteiger partial charge in [0.1, 0.15) is 11.4 Å². The highest BCUT2D eigenvalue weighted by Crippen LogP contribution is 2.18. The topological polar surface area (TPSA) is 82.5 Å². The zero-order chi connectivity index (χ0) is 13.8. The molecule has 1 fully saturated rings. The number of rotatable bonds is 4. The highest BCUT2D eigenvalue weighted by atomic mass is 79.9. The van der Waals surface area contributed by atoms with E-state index in [0.29, 0.717) is 4.47 Å². The molecule has 2 N–H and O–H groups in total. The molecule has 7 heteroatoms. The van der Waals surface area contributed by atoms with Gasteiger partial charge in [0.25, 0.3) is 0 Å². The standard InChI is InChI=1S/C12H14BrN3O3/c13-8-5-9(12(18)19)11(14-6-8)15-7-10(17)16-3-1-2-4-16/h5-6H,1-4,7H2,(H,14,15)(H,18,19). The van der Waals surface area contributed by atoms with Crippen LogP contribution >= 0.6 is 15.9 Å². The van der Waals surface area contributed by atoms with Crippen molar-refractivity contribution >= 4 is 33.6 Å². The number of carbonyl (C=O) groups is 2. The van der Waals surface area contributed by atoms with Crippen molar-refractivity contribution in [2.24, 2.45) is 0 Å². The monoisotopic (exact) mass is 327 g/mol. The summed E-state index contributed by atoms with van der Waals surface area (Å²) >= 11 is 3.17. The summed E-state index contributed by atoms with van der Waals surface area (Å²) in [5.74, 6) is -0.897. The van der Waals surface area contributed by atoms with E-state index in [0.717, 1.165) is 25.9 Å². The van der Waals surface area contributed by atoms with Crippen molar-refractivity contribution in [2.45, 2.75) is 12.8 Å². The van der Waals surface area contributed by atoms with Gasteiger partial charge in [0, 0.05) is 23.8 Å². The van der Waals surface area contributed by atoms with Crippen LogP contribution in [0.15, 0.2) is 16.7 Å². The van der Waals surface area contributed by atoms with Gasteiger partial charge in [0.15, 0.2) is 0 Å². The Labute approximate surface area is 118 Å². The van der Waals surface area contributed by atoms with Crippen LogP contribution in [0, 0.1) is 0 Å². The summed E-state index contributed by atoms with van der Waals surface area (Å²) in [7, 11) is 0. The number of carboxylic acid groups (broad SMARTS) is 1. The molecule has 102 valence electrons. The number of hydrogen-bond acceptors (Lipinski definition) is 4. The fourth-order valence-electron chi connectivity index (χ4n) is 1.98. The maximum Gasteiger partial charge on any atom is 0.339 e. The first-order valence-electron chi connectivity index (χ1n) is 5.98. The van der Waals surface area contributed by atoms with E-state index in [-0.39, 0.29) is 23.8 Å². The molecule has 0 radical (unpaired) electrons. The Morgan fingerprint density at radius 3 is 2.74 bits per heavy atom. The van der Waals surface area contributed by atoms with E-state index >= 15 is 0 Å². The Kier molecular flexibility index (Phi) is 4.36. The normalized spacial score (nSPS) is 14.5. The molecule has 0 aromatic carbocycles. The van der Waals surface area contributed by atoms with Gasteiger partial charge in [-0.25, -0.2) is 9.78 Å². The maximum atomic E-state index is 11.8. The Bertz CT molecular complexity index is 501. The Morgan fingerprint density at radius 2 is 2.11 bits per heavy atom. The third-order valence-electron chi connectivity index (χ3n) is 2.95. The van der Waals surface area contributed by atoms with E-state index in [1.807, 2.05) is 0 Å². The van der Waals surface area contributed by atoms with E-state index < -0.39 is 5.97 Å². The van der Waals surface area contributed by atoms with Crippen molar-refractivity contribution in [1.82, 2.24) is 9.88 Å². The lowest BCUT2D eigenvalue weighted by Gasteiger charge is -2.16. The SMILES string of the molecule is O=C(O)c1cc(Br)cnc1NCC(=O)N1CCCC1. The molecule has 1 aromatic heterocycles. The fraction of sp³-hybridized carbons (Fsp3) is 0.417. The number of nitrogens with one attached hydrogen (secondary N) is 1. The molecule has 1 aliphatic rings. The lowest BCUT2D eigenvalue weighted by Crippen LogP contribution is -2.33. The lowest BCUT2D eigenvalue weighted by molar-refractivity contribution is -0.128. The van der Waals surface area contributed by atoms with Gasteiger partial charge in [-0.2, -0.15) is 0 Å². The van der Waals surface area contributed by atoms with E-state index in [1.165, 1.54) is 12.3 Å². The average Bonchev–Trinajstić information content (AvgIpc) is 2.90. The molecule has 0 aliphatic carbocycles. The van der Waals surface area contributed by atoms with Crippen LogP contribution in [-0.4, -0.2) is 46.5 Å². The van der Waals surface area contributed by atoms with Crippen LogP contribution in [0.25, 0.3) is 0 Å². The minimum absolute atomic E-state index is 0.0291. The number of carboxylic acids is 1. The number of likely N-dealkylation sites (tertiary alicyclic amines) is 1. The number of pyridine rings is 1. The molecule has 1 amide bonds. The number of amides is 1. The first-order chi connectivity index (χ1) is 9.08. The van der Waals surface area contributed by atoms with Crippen molar-refractivity contribution in [3.8, 4) is 0 Å². The molecule has 1 saturated heterocycles. The van der Waals surface area contributed by atoms with Crippen LogP contribution in [-0.2, 0) is 4.79 Å². The van der Waals surface area contributed by atoms with Gasteiger partial charge < -0.3 is 15.3 Å². The fourth-order valence-corrected chi connectivity index (χ4v) is 2.31. The largest absolute Gasteiger partial charge is 0.478 e. The predicted octanol–water partition coefficient (Wildman–Crippen LogP) is 1.58. The second-order valence-electron chi connectivity index (χ2n) is 4.30. The number of carbonyl (C=O) groups excluding carboxylic acids is 1. The quantitative estimate of drug-likeness (QED) is 0.877. The summed E-state index contributed by atoms with van der Waals surface area (Å²) in [6.45, 7) is 1.62. The number of aromatic carboxylic acids is 1. The van der Waals surface area contributed by atoms with Gasteiger partial charge in [0.05, 0.1) is 6.54 Å². The van der Waals surface area contributed by atoms with Crippen LogP contribution in [0.2, 0.25) is 0 Å². The Hall–Kier alpha value is -1.63. The van der Waals surface area contributed by atoms with E-state index in [9.17, 15) is 9.59 Å². The van der Waals surface area contributed by atoms with Gasteiger partial charge in [0.2, 0.25) is 5.91 Å². The number of aromatic nitrogens is 1. The number of halogens is 1. The summed E-state index contributed by atoms with van der Waals surface area (Å²) in [5, 5.41) is 11.9. The molecule has 0 unspecified atom stereocenters. The Morgan fingerprint density at radius 1 is 1.42 bits per heavy atom. The molecule has 0 saturated carbocycles. The van der Waals surface area contributed by atoms with Gasteiger partial charge in [-0.05, 0) is 34.8 Å². The van der Waals surface area contributed by atoms with Crippen LogP contribution in [0.1, 0.15) is 23.2 Å². The number of nitrogens with zero attached hydrogens (tertiary/aromatic N) is 2. The minimum atomic E-state index is -1.08. The molecule has 6 nitrogen and oxygen atoms in total. The molecule has 0 bridgehead atoms. The molecular weight excluding hydrogens is 314 g/mol. The first-order valence-corrected chi connectivity index (χ1v) is 6.77. The van der Waals surface area contributed by atoms with Crippen LogP contribution < -0.4 is 5.32 Å². The molecule has 2 rings (SSSR count). The summed E-state index contributed by atoms with van der Waals surface area (Å²) in [5.41, 5.74) is 0.0450. The van der Waals surface area contributed by atoms with Gasteiger partial charge in [-0.3, -0.25) is 4.79 Å².